The lowest BCUT2D eigenvalue weighted by atomic mass is 10.4. The number of nitrogens with zero attached hydrogens (tertiary/aromatic N) is 3. The van der Waals surface area contributed by atoms with Crippen LogP contribution in [-0.4, -0.2) is 20.8 Å². The molecule has 3 rings (SSSR count). The molecule has 6 heteroatoms. The molecular weight excluding hydrogens is 268 g/mol. The maximum Gasteiger partial charge on any atom is 0.107 e. The van der Waals surface area contributed by atoms with Crippen molar-refractivity contribution in [1.82, 2.24) is 20.1 Å². The van der Waals surface area contributed by atoms with E-state index in [4.69, 9.17) is 11.6 Å². The van der Waals surface area contributed by atoms with Gasteiger partial charge in [0.1, 0.15) is 5.01 Å². The maximum absolute atomic E-state index is 5.98. The molecule has 0 bridgehead atoms. The third-order valence-corrected chi connectivity index (χ3v) is 4.34. The van der Waals surface area contributed by atoms with E-state index in [1.54, 1.807) is 17.5 Å². The zero-order valence-electron chi connectivity index (χ0n) is 10.2. The zero-order valence-corrected chi connectivity index (χ0v) is 11.8. The van der Waals surface area contributed by atoms with Crippen molar-refractivity contribution >= 4 is 22.9 Å². The second kappa shape index (κ2) is 4.99. The summed E-state index contributed by atoms with van der Waals surface area (Å²) < 4.78 is 1.88. The van der Waals surface area contributed by atoms with Gasteiger partial charge in [-0.15, -0.1) is 11.3 Å². The lowest BCUT2D eigenvalue weighted by Crippen LogP contribution is -2.15. The molecular formula is C12H15ClN4S. The molecule has 1 saturated carbocycles. The lowest BCUT2D eigenvalue weighted by Gasteiger charge is -2.01. The van der Waals surface area contributed by atoms with Gasteiger partial charge in [-0.2, -0.15) is 5.10 Å². The first kappa shape index (κ1) is 12.1. The topological polar surface area (TPSA) is 42.7 Å². The van der Waals surface area contributed by atoms with E-state index in [0.29, 0.717) is 11.6 Å². The summed E-state index contributed by atoms with van der Waals surface area (Å²) in [5.41, 5.74) is 2.04. The van der Waals surface area contributed by atoms with Crippen LogP contribution in [0.3, 0.4) is 0 Å². The summed E-state index contributed by atoms with van der Waals surface area (Å²) >= 11 is 7.68. The minimum Gasteiger partial charge on any atom is -0.308 e. The monoisotopic (exact) mass is 282 g/mol. The third kappa shape index (κ3) is 2.74. The number of hydrogen-bond donors (Lipinski definition) is 1. The highest BCUT2D eigenvalue weighted by Gasteiger charge is 2.20. The van der Waals surface area contributed by atoms with Crippen LogP contribution in [0, 0.1) is 6.92 Å². The van der Waals surface area contributed by atoms with Gasteiger partial charge in [-0.1, -0.05) is 11.6 Å². The molecule has 2 aromatic heterocycles. The largest absolute Gasteiger partial charge is 0.308 e. The van der Waals surface area contributed by atoms with Crippen LogP contribution in [0.2, 0.25) is 5.02 Å². The van der Waals surface area contributed by atoms with E-state index in [9.17, 15) is 0 Å². The molecule has 0 radical (unpaired) electrons. The normalized spacial score (nSPS) is 15.2. The lowest BCUT2D eigenvalue weighted by molar-refractivity contribution is 0.646. The quantitative estimate of drug-likeness (QED) is 0.917. The van der Waals surface area contributed by atoms with Gasteiger partial charge < -0.3 is 5.32 Å². The van der Waals surface area contributed by atoms with Gasteiger partial charge in [0.05, 0.1) is 29.2 Å². The first-order valence-electron chi connectivity index (χ1n) is 6.07. The van der Waals surface area contributed by atoms with Crippen LogP contribution in [0.25, 0.3) is 0 Å². The van der Waals surface area contributed by atoms with Gasteiger partial charge >= 0.3 is 0 Å². The Kier molecular flexibility index (Phi) is 3.37. The fourth-order valence-corrected chi connectivity index (χ4v) is 2.64. The second-order valence-corrected chi connectivity index (χ2v) is 5.97. The fraction of sp³-hybridized carbons (Fsp3) is 0.500. The minimum atomic E-state index is 0.693. The van der Waals surface area contributed by atoms with E-state index < -0.39 is 0 Å². The van der Waals surface area contributed by atoms with E-state index in [1.165, 1.54) is 12.8 Å². The van der Waals surface area contributed by atoms with Crippen molar-refractivity contribution in [3.63, 3.8) is 0 Å². The predicted molar refractivity (Wildman–Crippen MR) is 73.1 cm³/mol. The molecule has 18 heavy (non-hydrogen) atoms. The van der Waals surface area contributed by atoms with Crippen molar-refractivity contribution in [3.05, 3.63) is 33.0 Å². The fourth-order valence-electron chi connectivity index (χ4n) is 1.76. The Morgan fingerprint density at radius 3 is 3.06 bits per heavy atom. The molecule has 0 aliphatic heterocycles. The van der Waals surface area contributed by atoms with Crippen LogP contribution in [0.1, 0.15) is 29.2 Å². The molecule has 0 amide bonds. The van der Waals surface area contributed by atoms with Crippen LogP contribution >= 0.6 is 22.9 Å². The molecule has 1 fully saturated rings. The van der Waals surface area contributed by atoms with Gasteiger partial charge in [0.25, 0.3) is 0 Å². The standard InChI is InChI=1S/C12H15ClN4S/c1-8-11(13)4-15-17(8)6-10-7-18-12(16-10)5-14-9-2-3-9/h4,7,9,14H,2-3,5-6H2,1H3. The van der Waals surface area contributed by atoms with Crippen molar-refractivity contribution in [1.29, 1.82) is 0 Å². The van der Waals surface area contributed by atoms with Gasteiger partial charge in [-0.3, -0.25) is 4.68 Å². The summed E-state index contributed by atoms with van der Waals surface area (Å²) in [6.45, 7) is 3.55. The average molecular weight is 283 g/mol. The van der Waals surface area contributed by atoms with Crippen molar-refractivity contribution in [3.8, 4) is 0 Å². The van der Waals surface area contributed by atoms with Crippen LogP contribution in [0.15, 0.2) is 11.6 Å². The molecule has 4 nitrogen and oxygen atoms in total. The molecule has 1 N–H and O–H groups in total. The highest BCUT2D eigenvalue weighted by Crippen LogP contribution is 2.20. The molecule has 0 spiro atoms. The summed E-state index contributed by atoms with van der Waals surface area (Å²) in [6, 6.07) is 0.726. The molecule has 0 unspecified atom stereocenters. The number of aromatic nitrogens is 3. The third-order valence-electron chi connectivity index (χ3n) is 3.07. The number of rotatable bonds is 5. The molecule has 0 saturated heterocycles. The first-order valence-corrected chi connectivity index (χ1v) is 7.32. The Labute approximate surface area is 115 Å². The Morgan fingerprint density at radius 1 is 1.56 bits per heavy atom. The second-order valence-electron chi connectivity index (χ2n) is 4.62. The molecule has 1 aliphatic carbocycles. The summed E-state index contributed by atoms with van der Waals surface area (Å²) in [4.78, 5) is 4.61. The average Bonchev–Trinajstić information content (AvgIpc) is 3.02. The Morgan fingerprint density at radius 2 is 2.39 bits per heavy atom. The highest BCUT2D eigenvalue weighted by atomic mass is 35.5. The van der Waals surface area contributed by atoms with Crippen LogP contribution in [0.4, 0.5) is 0 Å². The minimum absolute atomic E-state index is 0.693. The van der Waals surface area contributed by atoms with Gasteiger partial charge in [-0.05, 0) is 19.8 Å². The van der Waals surface area contributed by atoms with E-state index in [2.05, 4.69) is 20.8 Å². The van der Waals surface area contributed by atoms with Crippen LogP contribution in [-0.2, 0) is 13.1 Å². The Bertz CT molecular complexity index is 544. The van der Waals surface area contributed by atoms with Crippen molar-refractivity contribution in [2.45, 2.75) is 38.9 Å². The molecule has 96 valence electrons. The van der Waals surface area contributed by atoms with Gasteiger partial charge in [0.2, 0.25) is 0 Å². The SMILES string of the molecule is Cc1c(Cl)cnn1Cc1csc(CNC2CC2)n1. The van der Waals surface area contributed by atoms with Crippen LogP contribution < -0.4 is 5.32 Å². The van der Waals surface area contributed by atoms with Crippen molar-refractivity contribution in [2.24, 2.45) is 0 Å². The van der Waals surface area contributed by atoms with Gasteiger partial charge in [-0.25, -0.2) is 4.98 Å². The molecule has 1 aliphatic rings. The first-order chi connectivity index (χ1) is 8.72. The molecule has 2 heterocycles. The zero-order chi connectivity index (χ0) is 12.5. The highest BCUT2D eigenvalue weighted by molar-refractivity contribution is 7.09. The summed E-state index contributed by atoms with van der Waals surface area (Å²) in [7, 11) is 0. The predicted octanol–water partition coefficient (Wildman–Crippen LogP) is 2.60. The van der Waals surface area contributed by atoms with Gasteiger partial charge in [0.15, 0.2) is 0 Å². The number of nitrogens with one attached hydrogen (secondary N) is 1. The van der Waals surface area contributed by atoms with E-state index in [-0.39, 0.29) is 0 Å². The smallest absolute Gasteiger partial charge is 0.107 e. The maximum atomic E-state index is 5.98. The molecule has 2 aromatic rings. The van der Waals surface area contributed by atoms with E-state index in [1.807, 2.05) is 11.6 Å². The number of hydrogen-bond acceptors (Lipinski definition) is 4. The summed E-state index contributed by atoms with van der Waals surface area (Å²) in [5, 5.41) is 11.7. The molecule has 0 aromatic carbocycles. The molecule has 0 atom stereocenters. The van der Waals surface area contributed by atoms with Crippen LogP contribution in [0.5, 0.6) is 0 Å². The van der Waals surface area contributed by atoms with E-state index in [0.717, 1.165) is 29.0 Å². The number of halogens is 1. The van der Waals surface area contributed by atoms with Crippen molar-refractivity contribution < 1.29 is 0 Å². The summed E-state index contributed by atoms with van der Waals surface area (Å²) in [6.07, 6.45) is 4.30. The Balaban J connectivity index is 1.63. The Hall–Kier alpha value is -0.910. The number of thiazole rings is 1. The van der Waals surface area contributed by atoms with E-state index >= 15 is 0 Å². The van der Waals surface area contributed by atoms with Gasteiger partial charge in [0, 0.05) is 18.0 Å². The van der Waals surface area contributed by atoms with Crippen molar-refractivity contribution in [2.75, 3.05) is 0 Å². The summed E-state index contributed by atoms with van der Waals surface area (Å²) in [5.74, 6) is 0.